The molecule has 6 heteroatoms. The molecule has 1 amide bonds. The highest BCUT2D eigenvalue weighted by Crippen LogP contribution is 2.42. The molecule has 0 aromatic carbocycles. The summed E-state index contributed by atoms with van der Waals surface area (Å²) in [7, 11) is 0. The molecule has 1 spiro atoms. The lowest BCUT2D eigenvalue weighted by Crippen LogP contribution is -2.40. The number of aromatic nitrogens is 1. The Labute approximate surface area is 140 Å². The van der Waals surface area contributed by atoms with Crippen LogP contribution in [-0.4, -0.2) is 42.0 Å². The van der Waals surface area contributed by atoms with Gasteiger partial charge in [-0.15, -0.1) is 0 Å². The Kier molecular flexibility index (Phi) is 3.98. The Bertz CT molecular complexity index is 689. The molecule has 2 saturated heterocycles. The maximum Gasteiger partial charge on any atom is 0.228 e. The standard InChI is InChI=1S/C18H21N3O3/c22-17-18(6-8-21(13-18)11-15-4-3-9-23-15)14(10-20-17)12-24-16-5-1-2-7-19-16/h1-5,7,9,14H,6,8,10-13H2,(H,20,22)/t14-,18-/m1/s1. The van der Waals surface area contributed by atoms with E-state index in [2.05, 4.69) is 15.2 Å². The van der Waals surface area contributed by atoms with E-state index in [1.807, 2.05) is 30.3 Å². The summed E-state index contributed by atoms with van der Waals surface area (Å²) < 4.78 is 11.3. The molecule has 0 saturated carbocycles. The number of pyridine rings is 1. The van der Waals surface area contributed by atoms with Gasteiger partial charge >= 0.3 is 0 Å². The van der Waals surface area contributed by atoms with Crippen molar-refractivity contribution in [3.63, 3.8) is 0 Å². The summed E-state index contributed by atoms with van der Waals surface area (Å²) in [6, 6.07) is 9.47. The first-order chi connectivity index (χ1) is 11.8. The van der Waals surface area contributed by atoms with Gasteiger partial charge < -0.3 is 14.5 Å². The van der Waals surface area contributed by atoms with Crippen LogP contribution in [0.4, 0.5) is 0 Å². The first kappa shape index (κ1) is 15.2. The molecule has 126 valence electrons. The predicted octanol–water partition coefficient (Wildman–Crippen LogP) is 1.69. The molecule has 6 nitrogen and oxygen atoms in total. The molecular formula is C18H21N3O3. The van der Waals surface area contributed by atoms with Gasteiger partial charge in [-0.1, -0.05) is 6.07 Å². The van der Waals surface area contributed by atoms with Gasteiger partial charge in [-0.25, -0.2) is 4.98 Å². The topological polar surface area (TPSA) is 67.6 Å². The third-order valence-electron chi connectivity index (χ3n) is 5.15. The van der Waals surface area contributed by atoms with Gasteiger partial charge in [0, 0.05) is 31.3 Å². The Morgan fingerprint density at radius 1 is 1.38 bits per heavy atom. The average Bonchev–Trinajstić information content (AvgIpc) is 3.32. The number of hydrogen-bond acceptors (Lipinski definition) is 5. The lowest BCUT2D eigenvalue weighted by atomic mass is 9.77. The van der Waals surface area contributed by atoms with Crippen LogP contribution in [-0.2, 0) is 11.3 Å². The summed E-state index contributed by atoms with van der Waals surface area (Å²) in [5.41, 5.74) is -0.360. The second kappa shape index (κ2) is 6.28. The van der Waals surface area contributed by atoms with E-state index in [-0.39, 0.29) is 17.2 Å². The highest BCUT2D eigenvalue weighted by molar-refractivity contribution is 5.86. The van der Waals surface area contributed by atoms with Crippen molar-refractivity contribution in [2.45, 2.75) is 13.0 Å². The summed E-state index contributed by atoms with van der Waals surface area (Å²) in [5.74, 6) is 1.86. The fraction of sp³-hybridized carbons (Fsp3) is 0.444. The number of amides is 1. The Hall–Kier alpha value is -2.34. The fourth-order valence-electron chi connectivity index (χ4n) is 3.80. The molecule has 24 heavy (non-hydrogen) atoms. The van der Waals surface area contributed by atoms with Gasteiger partial charge in [0.15, 0.2) is 0 Å². The number of rotatable bonds is 5. The second-order valence-corrected chi connectivity index (χ2v) is 6.58. The molecule has 4 heterocycles. The Morgan fingerprint density at radius 2 is 2.33 bits per heavy atom. The van der Waals surface area contributed by atoms with Crippen LogP contribution < -0.4 is 10.1 Å². The van der Waals surface area contributed by atoms with E-state index in [1.54, 1.807) is 12.5 Å². The molecule has 2 fully saturated rings. The van der Waals surface area contributed by atoms with Crippen LogP contribution in [0, 0.1) is 11.3 Å². The number of nitrogens with zero attached hydrogens (tertiary/aromatic N) is 2. The molecule has 2 aromatic rings. The van der Waals surface area contributed by atoms with Crippen molar-refractivity contribution in [3.05, 3.63) is 48.6 Å². The molecule has 2 aromatic heterocycles. The molecule has 4 rings (SSSR count). The summed E-state index contributed by atoms with van der Waals surface area (Å²) in [6.07, 6.45) is 4.26. The zero-order valence-electron chi connectivity index (χ0n) is 13.5. The molecule has 1 N–H and O–H groups in total. The van der Waals surface area contributed by atoms with E-state index in [0.717, 1.165) is 31.8 Å². The summed E-state index contributed by atoms with van der Waals surface area (Å²) >= 11 is 0. The van der Waals surface area contributed by atoms with Gasteiger partial charge in [0.2, 0.25) is 11.8 Å². The largest absolute Gasteiger partial charge is 0.477 e. The van der Waals surface area contributed by atoms with Crippen molar-refractivity contribution in [2.75, 3.05) is 26.2 Å². The third-order valence-corrected chi connectivity index (χ3v) is 5.15. The van der Waals surface area contributed by atoms with Crippen molar-refractivity contribution < 1.29 is 13.9 Å². The van der Waals surface area contributed by atoms with Crippen LogP contribution in [0.3, 0.4) is 0 Å². The van der Waals surface area contributed by atoms with E-state index >= 15 is 0 Å². The zero-order valence-corrected chi connectivity index (χ0v) is 13.5. The van der Waals surface area contributed by atoms with Gasteiger partial charge in [0.25, 0.3) is 0 Å². The number of ether oxygens (including phenoxy) is 1. The van der Waals surface area contributed by atoms with Crippen molar-refractivity contribution in [1.82, 2.24) is 15.2 Å². The molecule has 0 radical (unpaired) electrons. The normalized spacial score (nSPS) is 26.8. The maximum absolute atomic E-state index is 12.5. The average molecular weight is 327 g/mol. The lowest BCUT2D eigenvalue weighted by molar-refractivity contribution is -0.128. The molecule has 2 atom stereocenters. The highest BCUT2D eigenvalue weighted by atomic mass is 16.5. The highest BCUT2D eigenvalue weighted by Gasteiger charge is 2.54. The number of nitrogens with one attached hydrogen (secondary N) is 1. The quantitative estimate of drug-likeness (QED) is 0.905. The van der Waals surface area contributed by atoms with Gasteiger partial charge in [-0.3, -0.25) is 9.69 Å². The van der Waals surface area contributed by atoms with Crippen LogP contribution in [0.15, 0.2) is 47.2 Å². The SMILES string of the molecule is O=C1NC[C@H](COc2ccccn2)[C@]12CCN(Cc1ccco1)C2. The van der Waals surface area contributed by atoms with E-state index in [9.17, 15) is 4.79 Å². The fourth-order valence-corrected chi connectivity index (χ4v) is 3.80. The molecule has 0 unspecified atom stereocenters. The second-order valence-electron chi connectivity index (χ2n) is 6.58. The Balaban J connectivity index is 1.43. The third kappa shape index (κ3) is 2.78. The van der Waals surface area contributed by atoms with Crippen LogP contribution in [0.2, 0.25) is 0 Å². The first-order valence-electron chi connectivity index (χ1n) is 8.33. The monoisotopic (exact) mass is 327 g/mol. The minimum atomic E-state index is -0.360. The number of furan rings is 1. The Morgan fingerprint density at radius 3 is 3.12 bits per heavy atom. The number of likely N-dealkylation sites (tertiary alicyclic amines) is 1. The van der Waals surface area contributed by atoms with E-state index in [1.165, 1.54) is 0 Å². The minimum Gasteiger partial charge on any atom is -0.477 e. The van der Waals surface area contributed by atoms with Gasteiger partial charge in [-0.05, 0) is 31.2 Å². The van der Waals surface area contributed by atoms with E-state index < -0.39 is 0 Å². The van der Waals surface area contributed by atoms with Gasteiger partial charge in [0.1, 0.15) is 5.76 Å². The predicted molar refractivity (Wildman–Crippen MR) is 87.3 cm³/mol. The number of carbonyl (C=O) groups is 1. The molecule has 2 aliphatic heterocycles. The number of hydrogen-bond donors (Lipinski definition) is 1. The number of carbonyl (C=O) groups excluding carboxylic acids is 1. The van der Waals surface area contributed by atoms with Crippen LogP contribution >= 0.6 is 0 Å². The van der Waals surface area contributed by atoms with Crippen molar-refractivity contribution in [2.24, 2.45) is 11.3 Å². The lowest BCUT2D eigenvalue weighted by Gasteiger charge is -2.28. The molecule has 0 bridgehead atoms. The molecule has 2 aliphatic rings. The summed E-state index contributed by atoms with van der Waals surface area (Å²) in [5, 5.41) is 3.03. The van der Waals surface area contributed by atoms with Crippen molar-refractivity contribution in [1.29, 1.82) is 0 Å². The van der Waals surface area contributed by atoms with Crippen LogP contribution in [0.25, 0.3) is 0 Å². The molecule has 0 aliphatic carbocycles. The summed E-state index contributed by atoms with van der Waals surface area (Å²) in [4.78, 5) is 19.0. The smallest absolute Gasteiger partial charge is 0.228 e. The van der Waals surface area contributed by atoms with E-state index in [4.69, 9.17) is 9.15 Å². The zero-order chi connectivity index (χ0) is 16.4. The van der Waals surface area contributed by atoms with Gasteiger partial charge in [0.05, 0.1) is 24.8 Å². The summed E-state index contributed by atoms with van der Waals surface area (Å²) in [6.45, 7) is 3.56. The van der Waals surface area contributed by atoms with Gasteiger partial charge in [-0.2, -0.15) is 0 Å². The van der Waals surface area contributed by atoms with Crippen LogP contribution in [0.1, 0.15) is 12.2 Å². The first-order valence-corrected chi connectivity index (χ1v) is 8.33. The van der Waals surface area contributed by atoms with Crippen molar-refractivity contribution >= 4 is 5.91 Å². The van der Waals surface area contributed by atoms with Crippen LogP contribution in [0.5, 0.6) is 5.88 Å². The molecular weight excluding hydrogens is 306 g/mol. The van der Waals surface area contributed by atoms with E-state index in [0.29, 0.717) is 19.0 Å². The van der Waals surface area contributed by atoms with Crippen molar-refractivity contribution in [3.8, 4) is 5.88 Å². The minimum absolute atomic E-state index is 0.152. The maximum atomic E-state index is 12.5.